The quantitative estimate of drug-likeness (QED) is 0.946. The summed E-state index contributed by atoms with van der Waals surface area (Å²) in [6, 6.07) is 10.5. The maximum atomic E-state index is 12.5. The summed E-state index contributed by atoms with van der Waals surface area (Å²) < 4.78 is 0. The molecule has 0 bridgehead atoms. The van der Waals surface area contributed by atoms with E-state index in [1.807, 2.05) is 0 Å². The zero-order chi connectivity index (χ0) is 15.4. The van der Waals surface area contributed by atoms with Gasteiger partial charge in [0.1, 0.15) is 11.9 Å². The number of amides is 1. The van der Waals surface area contributed by atoms with E-state index in [0.29, 0.717) is 27.7 Å². The van der Waals surface area contributed by atoms with Gasteiger partial charge in [0.25, 0.3) is 5.91 Å². The predicted molar refractivity (Wildman–Crippen MR) is 82.7 cm³/mol. The van der Waals surface area contributed by atoms with E-state index < -0.39 is 0 Å². The summed E-state index contributed by atoms with van der Waals surface area (Å²) in [4.78, 5) is 18.0. The molecule has 0 saturated heterocycles. The Labute approximate surface area is 127 Å². The Morgan fingerprint density at radius 1 is 1.43 bits per heavy atom. The van der Waals surface area contributed by atoms with Crippen LogP contribution in [0.25, 0.3) is 0 Å². The number of aromatic nitrogens is 1. The van der Waals surface area contributed by atoms with Gasteiger partial charge in [-0.1, -0.05) is 23.7 Å². The number of anilines is 2. The summed E-state index contributed by atoms with van der Waals surface area (Å²) in [5, 5.41) is 12.3. The minimum atomic E-state index is -0.283. The average molecular weight is 301 g/mol. The van der Waals surface area contributed by atoms with Crippen LogP contribution in [-0.2, 0) is 0 Å². The number of carbonyl (C=O) groups is 1. The monoisotopic (exact) mass is 300 g/mol. The summed E-state index contributed by atoms with van der Waals surface area (Å²) in [5.41, 5.74) is 1.33. The number of halogens is 1. The first-order valence-electron chi connectivity index (χ1n) is 6.19. The average Bonchev–Trinajstić information content (AvgIpc) is 2.53. The van der Waals surface area contributed by atoms with E-state index in [0.717, 1.165) is 0 Å². The van der Waals surface area contributed by atoms with Crippen molar-refractivity contribution in [3.8, 4) is 6.07 Å². The Morgan fingerprint density at radius 2 is 2.14 bits per heavy atom. The Morgan fingerprint density at radius 3 is 2.76 bits per heavy atom. The highest BCUT2D eigenvalue weighted by Gasteiger charge is 2.17. The molecule has 21 heavy (non-hydrogen) atoms. The molecule has 0 radical (unpaired) electrons. The third-order valence-electron chi connectivity index (χ3n) is 3.02. The molecule has 0 saturated carbocycles. The van der Waals surface area contributed by atoms with Crippen molar-refractivity contribution in [3.63, 3.8) is 0 Å². The van der Waals surface area contributed by atoms with E-state index in [1.165, 1.54) is 11.1 Å². The van der Waals surface area contributed by atoms with Gasteiger partial charge < -0.3 is 10.2 Å². The van der Waals surface area contributed by atoms with Crippen LogP contribution in [0.5, 0.6) is 0 Å². The smallest absolute Gasteiger partial charge is 0.259 e. The van der Waals surface area contributed by atoms with Crippen molar-refractivity contribution in [3.05, 3.63) is 52.7 Å². The maximum absolute atomic E-state index is 12.5. The van der Waals surface area contributed by atoms with Gasteiger partial charge in [-0.3, -0.25) is 4.79 Å². The number of benzene rings is 1. The largest absolute Gasteiger partial charge is 0.372 e. The summed E-state index contributed by atoms with van der Waals surface area (Å²) in [6.07, 6.45) is 1.45. The van der Waals surface area contributed by atoms with Crippen molar-refractivity contribution in [2.75, 3.05) is 24.3 Å². The van der Waals surface area contributed by atoms with Crippen LogP contribution in [0, 0.1) is 11.3 Å². The molecule has 0 unspecified atom stereocenters. The number of nitriles is 1. The molecule has 0 aliphatic heterocycles. The highest BCUT2D eigenvalue weighted by atomic mass is 35.5. The first kappa shape index (κ1) is 14.8. The standard InChI is InChI=1S/C15H13ClN4O/c1-18-14-12(16)7-11(9-19-14)15(21)20(2)13-6-4-3-5-10(13)8-17/h3-7,9H,1-2H3,(H,18,19). The van der Waals surface area contributed by atoms with Gasteiger partial charge in [0.15, 0.2) is 0 Å². The van der Waals surface area contributed by atoms with Crippen molar-refractivity contribution in [1.82, 2.24) is 4.98 Å². The number of pyridine rings is 1. The van der Waals surface area contributed by atoms with Crippen molar-refractivity contribution in [2.24, 2.45) is 0 Å². The summed E-state index contributed by atoms with van der Waals surface area (Å²) in [7, 11) is 3.31. The van der Waals surface area contributed by atoms with E-state index >= 15 is 0 Å². The fourth-order valence-corrected chi connectivity index (χ4v) is 2.16. The molecule has 1 amide bonds. The van der Waals surface area contributed by atoms with Crippen LogP contribution in [0.1, 0.15) is 15.9 Å². The molecule has 0 atom stereocenters. The summed E-state index contributed by atoms with van der Waals surface area (Å²) in [5.74, 6) is 0.225. The van der Waals surface area contributed by atoms with Gasteiger partial charge in [0.2, 0.25) is 0 Å². The van der Waals surface area contributed by atoms with Crippen molar-refractivity contribution < 1.29 is 4.79 Å². The van der Waals surface area contributed by atoms with Crippen LogP contribution >= 0.6 is 11.6 Å². The number of nitrogens with one attached hydrogen (secondary N) is 1. The minimum absolute atomic E-state index is 0.283. The highest BCUT2D eigenvalue weighted by molar-refractivity contribution is 6.33. The van der Waals surface area contributed by atoms with Gasteiger partial charge in [-0.2, -0.15) is 5.26 Å². The Balaban J connectivity index is 2.36. The molecule has 6 heteroatoms. The molecule has 106 valence electrons. The molecule has 0 fully saturated rings. The van der Waals surface area contributed by atoms with Gasteiger partial charge >= 0.3 is 0 Å². The molecule has 0 aliphatic carbocycles. The topological polar surface area (TPSA) is 69.0 Å². The van der Waals surface area contributed by atoms with E-state index in [4.69, 9.17) is 16.9 Å². The molecule has 5 nitrogen and oxygen atoms in total. The van der Waals surface area contributed by atoms with Gasteiger partial charge in [-0.15, -0.1) is 0 Å². The number of para-hydroxylation sites is 1. The SMILES string of the molecule is CNc1ncc(C(=O)N(C)c2ccccc2C#N)cc1Cl. The number of carbonyl (C=O) groups excluding carboxylic acids is 1. The van der Waals surface area contributed by atoms with Crippen LogP contribution in [0.15, 0.2) is 36.5 Å². The molecule has 2 aromatic rings. The molecule has 1 aromatic heterocycles. The molecular weight excluding hydrogens is 288 g/mol. The second-order valence-electron chi connectivity index (χ2n) is 4.30. The van der Waals surface area contributed by atoms with Gasteiger partial charge in [0, 0.05) is 20.3 Å². The minimum Gasteiger partial charge on any atom is -0.372 e. The number of nitrogens with zero attached hydrogens (tertiary/aromatic N) is 3. The fourth-order valence-electron chi connectivity index (χ4n) is 1.90. The van der Waals surface area contributed by atoms with Crippen LogP contribution < -0.4 is 10.2 Å². The zero-order valence-corrected chi connectivity index (χ0v) is 12.3. The van der Waals surface area contributed by atoms with Crippen molar-refractivity contribution in [1.29, 1.82) is 5.26 Å². The Bertz CT molecular complexity index is 724. The lowest BCUT2D eigenvalue weighted by Gasteiger charge is -2.18. The molecule has 1 N–H and O–H groups in total. The van der Waals surface area contributed by atoms with Crippen molar-refractivity contribution in [2.45, 2.75) is 0 Å². The summed E-state index contributed by atoms with van der Waals surface area (Å²) >= 11 is 6.03. The van der Waals surface area contributed by atoms with Gasteiger partial charge in [-0.05, 0) is 18.2 Å². The normalized spacial score (nSPS) is 9.81. The highest BCUT2D eigenvalue weighted by Crippen LogP contribution is 2.23. The van der Waals surface area contributed by atoms with Crippen LogP contribution in [-0.4, -0.2) is 25.0 Å². The first-order chi connectivity index (χ1) is 10.1. The van der Waals surface area contributed by atoms with Crippen LogP contribution in [0.3, 0.4) is 0 Å². The molecule has 2 rings (SSSR count). The molecule has 1 aromatic carbocycles. The summed E-state index contributed by atoms with van der Waals surface area (Å²) in [6.45, 7) is 0. The number of rotatable bonds is 3. The molecule has 0 aliphatic rings. The molecule has 0 spiro atoms. The second kappa shape index (κ2) is 6.25. The lowest BCUT2D eigenvalue weighted by molar-refractivity contribution is 0.0992. The van der Waals surface area contributed by atoms with Gasteiger partial charge in [0.05, 0.1) is 21.8 Å². The maximum Gasteiger partial charge on any atom is 0.259 e. The number of hydrogen-bond donors (Lipinski definition) is 1. The van der Waals surface area contributed by atoms with E-state index in [1.54, 1.807) is 44.4 Å². The zero-order valence-electron chi connectivity index (χ0n) is 11.6. The third kappa shape index (κ3) is 2.96. The molecular formula is C15H13ClN4O. The van der Waals surface area contributed by atoms with Crippen LogP contribution in [0.4, 0.5) is 11.5 Å². The van der Waals surface area contributed by atoms with Crippen molar-refractivity contribution >= 4 is 29.0 Å². The Hall–Kier alpha value is -2.58. The van der Waals surface area contributed by atoms with Gasteiger partial charge in [-0.25, -0.2) is 4.98 Å². The van der Waals surface area contributed by atoms with E-state index in [-0.39, 0.29) is 5.91 Å². The van der Waals surface area contributed by atoms with Crippen LogP contribution in [0.2, 0.25) is 5.02 Å². The number of hydrogen-bond acceptors (Lipinski definition) is 4. The lowest BCUT2D eigenvalue weighted by Crippen LogP contribution is -2.27. The fraction of sp³-hybridized carbons (Fsp3) is 0.133. The third-order valence-corrected chi connectivity index (χ3v) is 3.30. The predicted octanol–water partition coefficient (Wildman–Crippen LogP) is 2.92. The molecule has 1 heterocycles. The first-order valence-corrected chi connectivity index (χ1v) is 6.56. The van der Waals surface area contributed by atoms with E-state index in [2.05, 4.69) is 16.4 Å². The second-order valence-corrected chi connectivity index (χ2v) is 4.70. The Kier molecular flexibility index (Phi) is 4.41. The lowest BCUT2D eigenvalue weighted by atomic mass is 10.1. The van der Waals surface area contributed by atoms with E-state index in [9.17, 15) is 4.79 Å².